The number of rotatable bonds is 2. The highest BCUT2D eigenvalue weighted by Crippen LogP contribution is 2.40. The van der Waals surface area contributed by atoms with Gasteiger partial charge in [0.05, 0.1) is 16.8 Å². The van der Waals surface area contributed by atoms with Crippen LogP contribution in [0.25, 0.3) is 0 Å². The Bertz CT molecular complexity index is 682. The van der Waals surface area contributed by atoms with E-state index < -0.39 is 0 Å². The fourth-order valence-electron chi connectivity index (χ4n) is 2.54. The SMILES string of the molecule is C[C@@H]1C=NN(c2ccc(Cl)cc2Cl)[C@H]1c1ccc(Cl)cc1. The van der Waals surface area contributed by atoms with E-state index in [4.69, 9.17) is 34.8 Å². The third kappa shape index (κ3) is 2.89. The van der Waals surface area contributed by atoms with Gasteiger partial charge in [-0.3, -0.25) is 5.01 Å². The lowest BCUT2D eigenvalue weighted by Crippen LogP contribution is -2.23. The van der Waals surface area contributed by atoms with E-state index in [1.165, 1.54) is 0 Å². The van der Waals surface area contributed by atoms with Crippen molar-refractivity contribution in [2.45, 2.75) is 13.0 Å². The van der Waals surface area contributed by atoms with E-state index in [-0.39, 0.29) is 12.0 Å². The minimum absolute atomic E-state index is 0.0981. The molecule has 0 bridgehead atoms. The van der Waals surface area contributed by atoms with Crippen molar-refractivity contribution in [1.82, 2.24) is 0 Å². The van der Waals surface area contributed by atoms with Crippen LogP contribution in [0.15, 0.2) is 47.6 Å². The highest BCUT2D eigenvalue weighted by atomic mass is 35.5. The Morgan fingerprint density at radius 3 is 2.29 bits per heavy atom. The second-order valence-electron chi connectivity index (χ2n) is 5.06. The maximum absolute atomic E-state index is 6.31. The van der Waals surface area contributed by atoms with Crippen molar-refractivity contribution < 1.29 is 0 Å². The Kier molecular flexibility index (Phi) is 4.12. The van der Waals surface area contributed by atoms with Gasteiger partial charge in [0, 0.05) is 22.2 Å². The van der Waals surface area contributed by atoms with Crippen molar-refractivity contribution in [3.05, 3.63) is 63.1 Å². The van der Waals surface area contributed by atoms with Gasteiger partial charge in [-0.25, -0.2) is 0 Å². The summed E-state index contributed by atoms with van der Waals surface area (Å²) in [6.45, 7) is 2.13. The zero-order chi connectivity index (χ0) is 15.0. The second-order valence-corrected chi connectivity index (χ2v) is 6.34. The van der Waals surface area contributed by atoms with Crippen LogP contribution in [0.2, 0.25) is 15.1 Å². The number of benzene rings is 2. The predicted molar refractivity (Wildman–Crippen MR) is 90.8 cm³/mol. The van der Waals surface area contributed by atoms with Crippen molar-refractivity contribution in [1.29, 1.82) is 0 Å². The largest absolute Gasteiger partial charge is 0.256 e. The van der Waals surface area contributed by atoms with E-state index in [0.717, 1.165) is 16.3 Å². The van der Waals surface area contributed by atoms with Crippen LogP contribution < -0.4 is 5.01 Å². The Morgan fingerprint density at radius 1 is 0.952 bits per heavy atom. The van der Waals surface area contributed by atoms with Crippen LogP contribution in [0.5, 0.6) is 0 Å². The molecule has 0 spiro atoms. The minimum Gasteiger partial charge on any atom is -0.256 e. The summed E-state index contributed by atoms with van der Waals surface area (Å²) in [4.78, 5) is 0. The zero-order valence-corrected chi connectivity index (χ0v) is 13.6. The Morgan fingerprint density at radius 2 is 1.62 bits per heavy atom. The van der Waals surface area contributed by atoms with E-state index in [9.17, 15) is 0 Å². The van der Waals surface area contributed by atoms with Gasteiger partial charge in [-0.05, 0) is 35.9 Å². The molecule has 1 aliphatic heterocycles. The van der Waals surface area contributed by atoms with E-state index >= 15 is 0 Å². The predicted octanol–water partition coefficient (Wildman–Crippen LogP) is 5.83. The Balaban J connectivity index is 2.00. The van der Waals surface area contributed by atoms with Gasteiger partial charge in [-0.2, -0.15) is 5.10 Å². The molecule has 0 fully saturated rings. The number of hydrogen-bond donors (Lipinski definition) is 0. The van der Waals surface area contributed by atoms with Crippen LogP contribution in [-0.2, 0) is 0 Å². The van der Waals surface area contributed by atoms with Gasteiger partial charge in [0.15, 0.2) is 0 Å². The summed E-state index contributed by atoms with van der Waals surface area (Å²) in [5.41, 5.74) is 2.00. The zero-order valence-electron chi connectivity index (χ0n) is 11.3. The van der Waals surface area contributed by atoms with Crippen LogP contribution in [-0.4, -0.2) is 6.21 Å². The second kappa shape index (κ2) is 5.88. The fraction of sp³-hybridized carbons (Fsp3) is 0.188. The molecule has 0 aliphatic carbocycles. The van der Waals surface area contributed by atoms with Crippen molar-refractivity contribution in [3.8, 4) is 0 Å². The molecule has 2 atom stereocenters. The van der Waals surface area contributed by atoms with Crippen LogP contribution >= 0.6 is 34.8 Å². The van der Waals surface area contributed by atoms with Gasteiger partial charge in [-0.1, -0.05) is 53.9 Å². The first-order valence-corrected chi connectivity index (χ1v) is 7.73. The number of nitrogens with zero attached hydrogens (tertiary/aromatic N) is 2. The number of halogens is 3. The smallest absolute Gasteiger partial charge is 0.0851 e. The molecule has 0 amide bonds. The molecular weight excluding hydrogens is 327 g/mol. The molecule has 108 valence electrons. The summed E-state index contributed by atoms with van der Waals surface area (Å²) in [5.74, 6) is 0.276. The van der Waals surface area contributed by atoms with Gasteiger partial charge in [0.25, 0.3) is 0 Å². The molecule has 3 rings (SSSR count). The van der Waals surface area contributed by atoms with Gasteiger partial charge in [0.2, 0.25) is 0 Å². The molecule has 0 aromatic heterocycles. The monoisotopic (exact) mass is 338 g/mol. The quantitative estimate of drug-likeness (QED) is 0.672. The third-order valence-corrected chi connectivity index (χ3v) is 4.35. The van der Waals surface area contributed by atoms with E-state index in [2.05, 4.69) is 12.0 Å². The van der Waals surface area contributed by atoms with Gasteiger partial charge in [-0.15, -0.1) is 0 Å². The molecule has 1 aliphatic rings. The van der Waals surface area contributed by atoms with Crippen LogP contribution in [0, 0.1) is 5.92 Å². The van der Waals surface area contributed by atoms with Gasteiger partial charge < -0.3 is 0 Å². The highest BCUT2D eigenvalue weighted by molar-refractivity contribution is 6.36. The van der Waals surface area contributed by atoms with Crippen molar-refractivity contribution >= 4 is 46.7 Å². The lowest BCUT2D eigenvalue weighted by Gasteiger charge is -2.27. The Labute approximate surface area is 138 Å². The van der Waals surface area contributed by atoms with E-state index in [0.29, 0.717) is 10.0 Å². The highest BCUT2D eigenvalue weighted by Gasteiger charge is 2.31. The first-order chi connectivity index (χ1) is 10.1. The maximum Gasteiger partial charge on any atom is 0.0851 e. The third-order valence-electron chi connectivity index (χ3n) is 3.56. The standard InChI is InChI=1S/C16H13Cl3N2/c1-10-9-20-21(15-7-6-13(18)8-14(15)19)16(10)11-2-4-12(17)5-3-11/h2-10,16H,1H3/t10-,16-/m1/s1. The van der Waals surface area contributed by atoms with Crippen molar-refractivity contribution in [2.75, 3.05) is 5.01 Å². The average molecular weight is 340 g/mol. The van der Waals surface area contributed by atoms with Crippen LogP contribution in [0.1, 0.15) is 18.5 Å². The molecule has 2 nitrogen and oxygen atoms in total. The van der Waals surface area contributed by atoms with Crippen LogP contribution in [0.4, 0.5) is 5.69 Å². The molecule has 1 heterocycles. The molecule has 0 unspecified atom stereocenters. The molecule has 0 radical (unpaired) electrons. The van der Waals surface area contributed by atoms with Crippen LogP contribution in [0.3, 0.4) is 0 Å². The number of hydrogen-bond acceptors (Lipinski definition) is 2. The van der Waals surface area contributed by atoms with Crippen molar-refractivity contribution in [3.63, 3.8) is 0 Å². The van der Waals surface area contributed by atoms with Gasteiger partial charge >= 0.3 is 0 Å². The summed E-state index contributed by atoms with van der Waals surface area (Å²) in [6, 6.07) is 13.4. The molecule has 0 saturated heterocycles. The maximum atomic E-state index is 6.31. The molecule has 0 saturated carbocycles. The molecule has 0 N–H and O–H groups in total. The molecule has 5 heteroatoms. The van der Waals surface area contributed by atoms with E-state index in [1.54, 1.807) is 6.07 Å². The number of hydrazone groups is 1. The summed E-state index contributed by atoms with van der Waals surface area (Å²) in [5, 5.41) is 8.37. The summed E-state index contributed by atoms with van der Waals surface area (Å²) in [7, 11) is 0. The fourth-order valence-corrected chi connectivity index (χ4v) is 3.16. The first-order valence-electron chi connectivity index (χ1n) is 6.60. The normalized spacial score (nSPS) is 21.0. The summed E-state index contributed by atoms with van der Waals surface area (Å²) < 4.78 is 0. The number of anilines is 1. The van der Waals surface area contributed by atoms with E-state index in [1.807, 2.05) is 47.6 Å². The molecule has 21 heavy (non-hydrogen) atoms. The Hall–Kier alpha value is -1.22. The molecule has 2 aromatic rings. The topological polar surface area (TPSA) is 15.6 Å². The molecule has 2 aromatic carbocycles. The molecular formula is C16H13Cl3N2. The summed E-state index contributed by atoms with van der Waals surface area (Å²) >= 11 is 18.3. The van der Waals surface area contributed by atoms with Crippen molar-refractivity contribution in [2.24, 2.45) is 11.0 Å². The lowest BCUT2D eigenvalue weighted by molar-refractivity contribution is 0.592. The summed E-state index contributed by atoms with van der Waals surface area (Å²) in [6.07, 6.45) is 1.93. The first kappa shape index (κ1) is 14.7. The average Bonchev–Trinajstić information content (AvgIpc) is 2.82. The lowest BCUT2D eigenvalue weighted by atomic mass is 9.96. The van der Waals surface area contributed by atoms with Gasteiger partial charge in [0.1, 0.15) is 0 Å². The minimum atomic E-state index is 0.0981.